The van der Waals surface area contributed by atoms with Crippen molar-refractivity contribution in [2.24, 2.45) is 0 Å². The van der Waals surface area contributed by atoms with Gasteiger partial charge in [0.25, 0.3) is 0 Å². The van der Waals surface area contributed by atoms with E-state index in [1.54, 1.807) is 12.1 Å². The molecule has 0 radical (unpaired) electrons. The Balaban J connectivity index is 2.26. The molecule has 1 unspecified atom stereocenters. The van der Waals surface area contributed by atoms with Crippen LogP contribution in [0.2, 0.25) is 0 Å². The Hall–Kier alpha value is -0.740. The first kappa shape index (κ1) is 14.7. The first-order valence-electron chi connectivity index (χ1n) is 5.86. The Bertz CT molecular complexity index is 570. The maximum Gasteiger partial charge on any atom is 0.162 e. The lowest BCUT2D eigenvalue weighted by Gasteiger charge is -2.15. The third-order valence-electron chi connectivity index (χ3n) is 3.00. The first-order chi connectivity index (χ1) is 9.11. The highest BCUT2D eigenvalue weighted by Crippen LogP contribution is 2.27. The summed E-state index contributed by atoms with van der Waals surface area (Å²) in [5, 5.41) is 0.694. The van der Waals surface area contributed by atoms with E-state index >= 15 is 0 Å². The zero-order valence-electron chi connectivity index (χ0n) is 10.0. The predicted molar refractivity (Wildman–Crippen MR) is 80.7 cm³/mol. The summed E-state index contributed by atoms with van der Waals surface area (Å²) >= 11 is 6.87. The van der Waals surface area contributed by atoms with Gasteiger partial charge in [-0.25, -0.2) is 8.78 Å². The van der Waals surface area contributed by atoms with E-state index in [1.807, 2.05) is 24.3 Å². The van der Waals surface area contributed by atoms with Crippen LogP contribution in [0, 0.1) is 11.6 Å². The van der Waals surface area contributed by atoms with Gasteiger partial charge in [0.15, 0.2) is 11.6 Å². The van der Waals surface area contributed by atoms with E-state index in [1.165, 1.54) is 0 Å². The number of hydrogen-bond acceptors (Lipinski definition) is 0. The van der Waals surface area contributed by atoms with Crippen LogP contribution in [0.5, 0.6) is 0 Å². The second-order valence-electron chi connectivity index (χ2n) is 4.32. The van der Waals surface area contributed by atoms with Crippen LogP contribution in [0.4, 0.5) is 8.78 Å². The molecular formula is C15H12Br2F2. The van der Waals surface area contributed by atoms with Gasteiger partial charge in [0, 0.05) is 9.80 Å². The van der Waals surface area contributed by atoms with Gasteiger partial charge in [-0.05, 0) is 41.7 Å². The summed E-state index contributed by atoms with van der Waals surface area (Å²) in [6.45, 7) is 0. The normalized spacial score (nSPS) is 12.4. The van der Waals surface area contributed by atoms with E-state index in [4.69, 9.17) is 0 Å². The molecule has 0 N–H and O–H groups in total. The molecule has 0 aliphatic carbocycles. The molecule has 0 saturated carbocycles. The minimum Gasteiger partial charge on any atom is -0.204 e. The van der Waals surface area contributed by atoms with Crippen molar-refractivity contribution in [3.63, 3.8) is 0 Å². The van der Waals surface area contributed by atoms with Crippen molar-refractivity contribution in [1.29, 1.82) is 0 Å². The topological polar surface area (TPSA) is 0 Å². The van der Waals surface area contributed by atoms with Crippen molar-refractivity contribution in [2.45, 2.75) is 12.3 Å². The number of hydrogen-bond donors (Lipinski definition) is 0. The number of alkyl halides is 1. The number of benzene rings is 2. The summed E-state index contributed by atoms with van der Waals surface area (Å²) in [7, 11) is 0. The molecule has 0 spiro atoms. The van der Waals surface area contributed by atoms with Gasteiger partial charge in [-0.3, -0.25) is 0 Å². The smallest absolute Gasteiger partial charge is 0.162 e. The lowest BCUT2D eigenvalue weighted by molar-refractivity contribution is 0.495. The molecule has 0 amide bonds. The summed E-state index contributed by atoms with van der Waals surface area (Å²) in [6.07, 6.45) is 0.464. The van der Waals surface area contributed by atoms with Crippen molar-refractivity contribution in [3.05, 3.63) is 69.7 Å². The fourth-order valence-corrected chi connectivity index (χ4v) is 3.01. The molecule has 0 bridgehead atoms. The van der Waals surface area contributed by atoms with Crippen LogP contribution >= 0.6 is 31.9 Å². The minimum absolute atomic E-state index is 0.105. The third-order valence-corrected chi connectivity index (χ3v) is 4.28. The van der Waals surface area contributed by atoms with Gasteiger partial charge < -0.3 is 0 Å². The van der Waals surface area contributed by atoms with E-state index in [-0.39, 0.29) is 5.92 Å². The van der Waals surface area contributed by atoms with E-state index < -0.39 is 11.6 Å². The van der Waals surface area contributed by atoms with Crippen molar-refractivity contribution >= 4 is 31.9 Å². The number of rotatable bonds is 4. The second kappa shape index (κ2) is 6.62. The minimum atomic E-state index is -0.792. The van der Waals surface area contributed by atoms with Gasteiger partial charge in [-0.15, -0.1) is 0 Å². The maximum atomic E-state index is 13.7. The molecule has 19 heavy (non-hydrogen) atoms. The average molecular weight is 390 g/mol. The summed E-state index contributed by atoms with van der Waals surface area (Å²) in [6, 6.07) is 12.2. The Kier molecular flexibility index (Phi) is 5.11. The highest BCUT2D eigenvalue weighted by atomic mass is 79.9. The maximum absolute atomic E-state index is 13.7. The van der Waals surface area contributed by atoms with Crippen molar-refractivity contribution < 1.29 is 8.78 Å². The lowest BCUT2D eigenvalue weighted by atomic mass is 9.93. The molecule has 100 valence electrons. The van der Waals surface area contributed by atoms with Crippen LogP contribution in [-0.2, 0) is 6.42 Å². The van der Waals surface area contributed by atoms with E-state index in [9.17, 15) is 8.78 Å². The Morgan fingerprint density at radius 1 is 1.05 bits per heavy atom. The zero-order chi connectivity index (χ0) is 13.8. The molecule has 0 saturated heterocycles. The molecule has 2 aromatic rings. The molecule has 2 rings (SSSR count). The van der Waals surface area contributed by atoms with Crippen molar-refractivity contribution in [1.82, 2.24) is 0 Å². The highest BCUT2D eigenvalue weighted by Gasteiger charge is 2.15. The zero-order valence-corrected chi connectivity index (χ0v) is 13.2. The summed E-state index contributed by atoms with van der Waals surface area (Å²) in [4.78, 5) is 0. The molecule has 0 nitrogen and oxygen atoms in total. The van der Waals surface area contributed by atoms with Gasteiger partial charge in [-0.1, -0.05) is 56.1 Å². The largest absolute Gasteiger partial charge is 0.204 e. The van der Waals surface area contributed by atoms with Crippen LogP contribution in [0.15, 0.2) is 46.9 Å². The standard InChI is InChI=1S/C15H12Br2F2/c16-9-12(10-3-1-5-13(17)8-10)7-11-4-2-6-14(18)15(11)19/h1-6,8,12H,7,9H2. The quantitative estimate of drug-likeness (QED) is 0.610. The van der Waals surface area contributed by atoms with Gasteiger partial charge >= 0.3 is 0 Å². The molecule has 0 aromatic heterocycles. The van der Waals surface area contributed by atoms with Gasteiger partial charge in [-0.2, -0.15) is 0 Å². The summed E-state index contributed by atoms with van der Waals surface area (Å²) in [5.41, 5.74) is 1.50. The van der Waals surface area contributed by atoms with Gasteiger partial charge in [0.2, 0.25) is 0 Å². The molecule has 0 aliphatic heterocycles. The highest BCUT2D eigenvalue weighted by molar-refractivity contribution is 9.10. The average Bonchev–Trinajstić information content (AvgIpc) is 2.40. The van der Waals surface area contributed by atoms with Gasteiger partial charge in [0.05, 0.1) is 0 Å². The Morgan fingerprint density at radius 3 is 2.47 bits per heavy atom. The first-order valence-corrected chi connectivity index (χ1v) is 7.77. The predicted octanol–water partition coefficient (Wildman–Crippen LogP) is 5.45. The molecule has 1 atom stereocenters. The summed E-state index contributed by atoms with van der Waals surface area (Å²) in [5.74, 6) is -1.43. The molecule has 0 heterocycles. The van der Waals surface area contributed by atoms with E-state index in [0.717, 1.165) is 16.1 Å². The molecule has 0 fully saturated rings. The molecule has 4 heteroatoms. The van der Waals surface area contributed by atoms with E-state index in [0.29, 0.717) is 17.3 Å². The van der Waals surface area contributed by atoms with Crippen LogP contribution in [0.25, 0.3) is 0 Å². The fraction of sp³-hybridized carbons (Fsp3) is 0.200. The van der Waals surface area contributed by atoms with Crippen molar-refractivity contribution in [2.75, 3.05) is 5.33 Å². The van der Waals surface area contributed by atoms with Gasteiger partial charge in [0.1, 0.15) is 0 Å². The van der Waals surface area contributed by atoms with Crippen LogP contribution in [0.1, 0.15) is 17.0 Å². The Morgan fingerprint density at radius 2 is 1.79 bits per heavy atom. The summed E-state index contributed by atoms with van der Waals surface area (Å²) < 4.78 is 27.9. The van der Waals surface area contributed by atoms with E-state index in [2.05, 4.69) is 31.9 Å². The second-order valence-corrected chi connectivity index (χ2v) is 5.89. The molecule has 2 aromatic carbocycles. The van der Waals surface area contributed by atoms with Crippen molar-refractivity contribution in [3.8, 4) is 0 Å². The lowest BCUT2D eigenvalue weighted by Crippen LogP contribution is -2.07. The molecule has 0 aliphatic rings. The molecular weight excluding hydrogens is 378 g/mol. The SMILES string of the molecule is Fc1cccc(CC(CBr)c2cccc(Br)c2)c1F. The van der Waals surface area contributed by atoms with Crippen LogP contribution in [0.3, 0.4) is 0 Å². The Labute approximate surface area is 128 Å². The number of halogens is 4. The third kappa shape index (κ3) is 3.63. The van der Waals surface area contributed by atoms with Crippen LogP contribution < -0.4 is 0 Å². The monoisotopic (exact) mass is 388 g/mol. The fourth-order valence-electron chi connectivity index (χ4n) is 1.99. The van der Waals surface area contributed by atoms with Crippen LogP contribution in [-0.4, -0.2) is 5.33 Å².